The van der Waals surface area contributed by atoms with Crippen molar-refractivity contribution in [2.75, 3.05) is 13.1 Å². The minimum absolute atomic E-state index is 0.0997. The molecule has 1 aliphatic heterocycles. The predicted molar refractivity (Wildman–Crippen MR) is 89.7 cm³/mol. The molecular formula is C18H19ClN2O. The highest BCUT2D eigenvalue weighted by molar-refractivity contribution is 6.30. The Morgan fingerprint density at radius 1 is 1.18 bits per heavy atom. The second-order valence-corrected chi connectivity index (χ2v) is 6.01. The number of hydrogen-bond acceptors (Lipinski definition) is 2. The van der Waals surface area contributed by atoms with E-state index in [4.69, 9.17) is 11.6 Å². The summed E-state index contributed by atoms with van der Waals surface area (Å²) in [5.74, 6) is 0.235. The standard InChI is InChI=1S/C18H19ClN2O/c19-16-7-5-13(6-8-16)17-4-2-1-3-14(17)12-21-18(22)15-9-10-20-11-15/h1-8,15,20H,9-12H2,(H,21,22). The molecule has 3 nitrogen and oxygen atoms in total. The van der Waals surface area contributed by atoms with Crippen molar-refractivity contribution in [2.24, 2.45) is 5.92 Å². The number of carbonyl (C=O) groups is 1. The number of hydrogen-bond donors (Lipinski definition) is 2. The summed E-state index contributed by atoms with van der Waals surface area (Å²) in [5.41, 5.74) is 3.35. The molecule has 0 bridgehead atoms. The topological polar surface area (TPSA) is 41.1 Å². The van der Waals surface area contributed by atoms with Crippen molar-refractivity contribution in [1.82, 2.24) is 10.6 Å². The summed E-state index contributed by atoms with van der Waals surface area (Å²) in [7, 11) is 0. The Morgan fingerprint density at radius 2 is 1.95 bits per heavy atom. The minimum Gasteiger partial charge on any atom is -0.352 e. The second kappa shape index (κ2) is 6.95. The SMILES string of the molecule is O=C(NCc1ccccc1-c1ccc(Cl)cc1)C1CCNC1. The highest BCUT2D eigenvalue weighted by atomic mass is 35.5. The van der Waals surface area contributed by atoms with E-state index in [0.717, 1.165) is 41.2 Å². The molecule has 1 heterocycles. The lowest BCUT2D eigenvalue weighted by Gasteiger charge is -2.13. The van der Waals surface area contributed by atoms with Gasteiger partial charge in [-0.2, -0.15) is 0 Å². The Balaban J connectivity index is 1.73. The molecule has 0 radical (unpaired) electrons. The van der Waals surface area contributed by atoms with Crippen LogP contribution in [0.1, 0.15) is 12.0 Å². The Hall–Kier alpha value is -1.84. The molecule has 1 atom stereocenters. The molecule has 1 unspecified atom stereocenters. The average Bonchev–Trinajstić information content (AvgIpc) is 3.08. The number of amides is 1. The molecule has 2 aromatic carbocycles. The molecule has 1 aliphatic rings. The Morgan fingerprint density at radius 3 is 2.68 bits per heavy atom. The van der Waals surface area contributed by atoms with Gasteiger partial charge < -0.3 is 10.6 Å². The first-order chi connectivity index (χ1) is 10.7. The number of halogens is 1. The van der Waals surface area contributed by atoms with Gasteiger partial charge in [0.25, 0.3) is 0 Å². The largest absolute Gasteiger partial charge is 0.352 e. The van der Waals surface area contributed by atoms with Crippen molar-refractivity contribution >= 4 is 17.5 Å². The van der Waals surface area contributed by atoms with Crippen LogP contribution in [-0.4, -0.2) is 19.0 Å². The predicted octanol–water partition coefficient (Wildman–Crippen LogP) is 3.23. The zero-order valence-corrected chi connectivity index (χ0v) is 13.1. The second-order valence-electron chi connectivity index (χ2n) is 5.57. The van der Waals surface area contributed by atoms with Gasteiger partial charge in [0.05, 0.1) is 5.92 Å². The van der Waals surface area contributed by atoms with Crippen LogP contribution in [0.4, 0.5) is 0 Å². The van der Waals surface area contributed by atoms with E-state index >= 15 is 0 Å². The maximum atomic E-state index is 12.1. The highest BCUT2D eigenvalue weighted by Gasteiger charge is 2.22. The molecule has 114 valence electrons. The van der Waals surface area contributed by atoms with Gasteiger partial charge in [0, 0.05) is 18.1 Å². The van der Waals surface area contributed by atoms with Crippen LogP contribution in [0.25, 0.3) is 11.1 Å². The summed E-state index contributed by atoms with van der Waals surface area (Å²) >= 11 is 5.95. The maximum Gasteiger partial charge on any atom is 0.224 e. The fourth-order valence-corrected chi connectivity index (χ4v) is 2.92. The van der Waals surface area contributed by atoms with E-state index in [1.165, 1.54) is 0 Å². The first-order valence-corrected chi connectivity index (χ1v) is 7.94. The zero-order valence-electron chi connectivity index (χ0n) is 12.3. The zero-order chi connectivity index (χ0) is 15.4. The third-order valence-electron chi connectivity index (χ3n) is 4.06. The fraction of sp³-hybridized carbons (Fsp3) is 0.278. The first kappa shape index (κ1) is 15.1. The molecule has 2 N–H and O–H groups in total. The molecule has 0 aliphatic carbocycles. The van der Waals surface area contributed by atoms with Gasteiger partial charge in [-0.05, 0) is 41.8 Å². The number of rotatable bonds is 4. The summed E-state index contributed by atoms with van der Waals surface area (Å²) in [4.78, 5) is 12.1. The first-order valence-electron chi connectivity index (χ1n) is 7.56. The Labute approximate surface area is 135 Å². The lowest BCUT2D eigenvalue weighted by atomic mass is 9.99. The number of benzene rings is 2. The van der Waals surface area contributed by atoms with Gasteiger partial charge in [-0.1, -0.05) is 48.0 Å². The Kier molecular flexibility index (Phi) is 4.76. The molecule has 3 rings (SSSR count). The smallest absolute Gasteiger partial charge is 0.224 e. The van der Waals surface area contributed by atoms with Crippen LogP contribution in [0, 0.1) is 5.92 Å². The maximum absolute atomic E-state index is 12.1. The summed E-state index contributed by atoms with van der Waals surface area (Å²) in [6, 6.07) is 15.9. The van der Waals surface area contributed by atoms with Crippen LogP contribution >= 0.6 is 11.6 Å². The van der Waals surface area contributed by atoms with Gasteiger partial charge in [0.1, 0.15) is 0 Å². The van der Waals surface area contributed by atoms with Gasteiger partial charge in [-0.3, -0.25) is 4.79 Å². The van der Waals surface area contributed by atoms with Gasteiger partial charge in [-0.25, -0.2) is 0 Å². The van der Waals surface area contributed by atoms with E-state index in [-0.39, 0.29) is 11.8 Å². The van der Waals surface area contributed by atoms with Crippen LogP contribution in [0.2, 0.25) is 5.02 Å². The van der Waals surface area contributed by atoms with E-state index in [0.29, 0.717) is 6.54 Å². The monoisotopic (exact) mass is 314 g/mol. The number of nitrogens with one attached hydrogen (secondary N) is 2. The lowest BCUT2D eigenvalue weighted by Crippen LogP contribution is -2.31. The van der Waals surface area contributed by atoms with Crippen LogP contribution in [0.3, 0.4) is 0 Å². The Bertz CT molecular complexity index is 648. The average molecular weight is 315 g/mol. The van der Waals surface area contributed by atoms with Crippen LogP contribution in [-0.2, 0) is 11.3 Å². The van der Waals surface area contributed by atoms with E-state index in [9.17, 15) is 4.79 Å². The van der Waals surface area contributed by atoms with E-state index in [1.54, 1.807) is 0 Å². The van der Waals surface area contributed by atoms with Crippen LogP contribution < -0.4 is 10.6 Å². The third-order valence-corrected chi connectivity index (χ3v) is 4.31. The van der Waals surface area contributed by atoms with Gasteiger partial charge >= 0.3 is 0 Å². The van der Waals surface area contributed by atoms with Gasteiger partial charge in [0.2, 0.25) is 5.91 Å². The summed E-state index contributed by atoms with van der Waals surface area (Å²) in [5, 5.41) is 7.00. The molecule has 2 aromatic rings. The third kappa shape index (κ3) is 3.49. The number of carbonyl (C=O) groups excluding carboxylic acids is 1. The van der Waals surface area contributed by atoms with Crippen molar-refractivity contribution in [1.29, 1.82) is 0 Å². The van der Waals surface area contributed by atoms with Crippen molar-refractivity contribution in [2.45, 2.75) is 13.0 Å². The molecule has 1 amide bonds. The summed E-state index contributed by atoms with van der Waals surface area (Å²) in [6.07, 6.45) is 0.921. The van der Waals surface area contributed by atoms with Crippen LogP contribution in [0.15, 0.2) is 48.5 Å². The molecule has 22 heavy (non-hydrogen) atoms. The van der Waals surface area contributed by atoms with E-state index in [2.05, 4.69) is 22.8 Å². The normalized spacial score (nSPS) is 17.4. The van der Waals surface area contributed by atoms with Gasteiger partial charge in [-0.15, -0.1) is 0 Å². The van der Waals surface area contributed by atoms with Gasteiger partial charge in [0.15, 0.2) is 0 Å². The molecule has 1 fully saturated rings. The molecular weight excluding hydrogens is 296 g/mol. The van der Waals surface area contributed by atoms with E-state index < -0.39 is 0 Å². The van der Waals surface area contributed by atoms with Crippen LogP contribution in [0.5, 0.6) is 0 Å². The fourth-order valence-electron chi connectivity index (χ4n) is 2.79. The molecule has 0 spiro atoms. The van der Waals surface area contributed by atoms with Crippen molar-refractivity contribution in [3.8, 4) is 11.1 Å². The minimum atomic E-state index is 0.0997. The molecule has 0 saturated carbocycles. The highest BCUT2D eigenvalue weighted by Crippen LogP contribution is 2.25. The van der Waals surface area contributed by atoms with E-state index in [1.807, 2.05) is 36.4 Å². The quantitative estimate of drug-likeness (QED) is 0.909. The van der Waals surface area contributed by atoms with Crippen molar-refractivity contribution < 1.29 is 4.79 Å². The van der Waals surface area contributed by atoms with Crippen molar-refractivity contribution in [3.05, 3.63) is 59.1 Å². The lowest BCUT2D eigenvalue weighted by molar-refractivity contribution is -0.124. The van der Waals surface area contributed by atoms with Crippen molar-refractivity contribution in [3.63, 3.8) is 0 Å². The molecule has 0 aromatic heterocycles. The summed E-state index contributed by atoms with van der Waals surface area (Å²) < 4.78 is 0. The molecule has 1 saturated heterocycles. The summed E-state index contributed by atoms with van der Waals surface area (Å²) in [6.45, 7) is 2.26. The molecule has 4 heteroatoms.